The monoisotopic (exact) mass is 276 g/mol. The van der Waals surface area contributed by atoms with Crippen molar-refractivity contribution in [3.63, 3.8) is 0 Å². The van der Waals surface area contributed by atoms with Crippen molar-refractivity contribution in [3.8, 4) is 11.3 Å². The molecule has 92 valence electrons. The van der Waals surface area contributed by atoms with Gasteiger partial charge >= 0.3 is 0 Å². The lowest BCUT2D eigenvalue weighted by Gasteiger charge is -2.05. The summed E-state index contributed by atoms with van der Waals surface area (Å²) < 4.78 is 0.731. The number of benzene rings is 1. The standard InChI is InChI=1S/C12H12N4S2/c1-16(2)12-13-10(6-18-12)7-3-4-9-8(5-7)11(17)15-14-9/h3-6H,1-2H3,(H2,14,15,17). The predicted octanol–water partition coefficient (Wildman–Crippen LogP) is 3.41. The van der Waals surface area contributed by atoms with Crippen LogP contribution in [0.15, 0.2) is 23.6 Å². The van der Waals surface area contributed by atoms with Crippen LogP contribution in [0.3, 0.4) is 0 Å². The Hall–Kier alpha value is -1.66. The molecule has 18 heavy (non-hydrogen) atoms. The van der Waals surface area contributed by atoms with Gasteiger partial charge in [-0.05, 0) is 12.1 Å². The van der Waals surface area contributed by atoms with Gasteiger partial charge in [0.1, 0.15) is 4.64 Å². The topological polar surface area (TPSA) is 47.7 Å². The summed E-state index contributed by atoms with van der Waals surface area (Å²) in [7, 11) is 3.99. The smallest absolute Gasteiger partial charge is 0.185 e. The molecule has 2 heterocycles. The Labute approximate surface area is 113 Å². The van der Waals surface area contributed by atoms with Gasteiger partial charge in [0.2, 0.25) is 0 Å². The summed E-state index contributed by atoms with van der Waals surface area (Å²) in [4.78, 5) is 6.60. The van der Waals surface area contributed by atoms with Crippen LogP contribution in [0.5, 0.6) is 0 Å². The van der Waals surface area contributed by atoms with E-state index in [2.05, 4.69) is 32.7 Å². The zero-order valence-corrected chi connectivity index (χ0v) is 11.7. The van der Waals surface area contributed by atoms with E-state index in [4.69, 9.17) is 12.2 Å². The molecule has 0 saturated heterocycles. The second-order valence-corrected chi connectivity index (χ2v) is 5.49. The van der Waals surface area contributed by atoms with Gasteiger partial charge in [-0.2, -0.15) is 0 Å². The average molecular weight is 276 g/mol. The molecule has 0 saturated carbocycles. The molecule has 2 N–H and O–H groups in total. The molecule has 0 spiro atoms. The van der Waals surface area contributed by atoms with E-state index in [1.807, 2.05) is 25.1 Å². The van der Waals surface area contributed by atoms with Crippen molar-refractivity contribution >= 4 is 39.6 Å². The molecule has 3 aromatic rings. The molecule has 0 radical (unpaired) electrons. The van der Waals surface area contributed by atoms with Crippen molar-refractivity contribution in [1.82, 2.24) is 15.2 Å². The number of thiazole rings is 1. The van der Waals surface area contributed by atoms with Crippen LogP contribution < -0.4 is 4.90 Å². The van der Waals surface area contributed by atoms with Gasteiger partial charge in [-0.25, -0.2) is 4.98 Å². The van der Waals surface area contributed by atoms with Crippen LogP contribution in [0.1, 0.15) is 0 Å². The van der Waals surface area contributed by atoms with Gasteiger partial charge in [0.05, 0.1) is 11.2 Å². The molecule has 0 fully saturated rings. The fraction of sp³-hybridized carbons (Fsp3) is 0.167. The zero-order chi connectivity index (χ0) is 12.7. The maximum atomic E-state index is 5.23. The van der Waals surface area contributed by atoms with E-state index in [1.165, 1.54) is 0 Å². The second kappa shape index (κ2) is 4.22. The van der Waals surface area contributed by atoms with Crippen LogP contribution >= 0.6 is 23.6 Å². The molecule has 3 rings (SSSR count). The van der Waals surface area contributed by atoms with Crippen LogP contribution in [0.4, 0.5) is 5.13 Å². The van der Waals surface area contributed by atoms with E-state index in [9.17, 15) is 0 Å². The Morgan fingerprint density at radius 1 is 1.28 bits per heavy atom. The van der Waals surface area contributed by atoms with Crippen molar-refractivity contribution in [2.75, 3.05) is 19.0 Å². The van der Waals surface area contributed by atoms with Crippen LogP contribution in [-0.2, 0) is 0 Å². The van der Waals surface area contributed by atoms with Gasteiger partial charge in [-0.3, -0.25) is 10.2 Å². The first-order valence-corrected chi connectivity index (χ1v) is 6.77. The van der Waals surface area contributed by atoms with Crippen molar-refractivity contribution in [2.45, 2.75) is 0 Å². The van der Waals surface area contributed by atoms with E-state index in [0.717, 1.165) is 31.9 Å². The van der Waals surface area contributed by atoms with Crippen molar-refractivity contribution < 1.29 is 0 Å². The number of aromatic nitrogens is 3. The van der Waals surface area contributed by atoms with Crippen LogP contribution in [-0.4, -0.2) is 29.3 Å². The maximum Gasteiger partial charge on any atom is 0.185 e. The molecule has 0 unspecified atom stereocenters. The van der Waals surface area contributed by atoms with Gasteiger partial charge < -0.3 is 4.90 Å². The Morgan fingerprint density at radius 2 is 2.11 bits per heavy atom. The summed E-state index contributed by atoms with van der Waals surface area (Å²) in [6.45, 7) is 0. The van der Waals surface area contributed by atoms with Crippen molar-refractivity contribution in [1.29, 1.82) is 0 Å². The molecule has 0 aliphatic carbocycles. The first kappa shape index (κ1) is 11.4. The minimum Gasteiger partial charge on any atom is -0.354 e. The summed E-state index contributed by atoms with van der Waals surface area (Å²) in [5, 5.41) is 10.1. The fourth-order valence-corrected chi connectivity index (χ4v) is 2.78. The molecule has 0 aliphatic heterocycles. The summed E-state index contributed by atoms with van der Waals surface area (Å²) in [5.41, 5.74) is 3.10. The molecule has 0 aliphatic rings. The average Bonchev–Trinajstić information content (AvgIpc) is 2.96. The molecule has 2 aromatic heterocycles. The van der Waals surface area contributed by atoms with E-state index in [-0.39, 0.29) is 0 Å². The van der Waals surface area contributed by atoms with Crippen LogP contribution in [0.2, 0.25) is 0 Å². The predicted molar refractivity (Wildman–Crippen MR) is 78.9 cm³/mol. The lowest BCUT2D eigenvalue weighted by molar-refractivity contribution is 1.10. The minimum atomic E-state index is 0.731. The highest BCUT2D eigenvalue weighted by molar-refractivity contribution is 7.71. The quantitative estimate of drug-likeness (QED) is 0.705. The largest absolute Gasteiger partial charge is 0.354 e. The normalized spacial score (nSPS) is 11.0. The number of fused-ring (bicyclic) bond motifs is 1. The van der Waals surface area contributed by atoms with Gasteiger partial charge in [0.25, 0.3) is 0 Å². The van der Waals surface area contributed by atoms with E-state index in [1.54, 1.807) is 11.3 Å². The first-order chi connectivity index (χ1) is 8.65. The highest BCUT2D eigenvalue weighted by atomic mass is 32.1. The summed E-state index contributed by atoms with van der Waals surface area (Å²) >= 11 is 6.87. The van der Waals surface area contributed by atoms with Gasteiger partial charge in [-0.15, -0.1) is 11.3 Å². The van der Waals surface area contributed by atoms with E-state index >= 15 is 0 Å². The molecule has 1 aromatic carbocycles. The molecule has 0 bridgehead atoms. The van der Waals surface area contributed by atoms with E-state index < -0.39 is 0 Å². The number of nitrogens with one attached hydrogen (secondary N) is 2. The summed E-state index contributed by atoms with van der Waals surface area (Å²) in [6.07, 6.45) is 0. The highest BCUT2D eigenvalue weighted by Crippen LogP contribution is 2.28. The van der Waals surface area contributed by atoms with Crippen molar-refractivity contribution in [2.24, 2.45) is 0 Å². The lowest BCUT2D eigenvalue weighted by Crippen LogP contribution is -2.07. The number of hydrogen-bond donors (Lipinski definition) is 2. The molecule has 0 atom stereocenters. The minimum absolute atomic E-state index is 0.731. The number of rotatable bonds is 2. The number of nitrogens with zero attached hydrogens (tertiary/aromatic N) is 2. The maximum absolute atomic E-state index is 5.23. The molecule has 0 amide bonds. The summed E-state index contributed by atoms with van der Waals surface area (Å²) in [5.74, 6) is 0. The summed E-state index contributed by atoms with van der Waals surface area (Å²) in [6, 6.07) is 6.14. The fourth-order valence-electron chi connectivity index (χ4n) is 1.79. The third-order valence-corrected chi connectivity index (χ3v) is 4.08. The first-order valence-electron chi connectivity index (χ1n) is 5.49. The molecular formula is C12H12N4S2. The van der Waals surface area contributed by atoms with Crippen LogP contribution in [0, 0.1) is 4.64 Å². The zero-order valence-electron chi connectivity index (χ0n) is 10.0. The number of hydrogen-bond acceptors (Lipinski definition) is 4. The Morgan fingerprint density at radius 3 is 2.83 bits per heavy atom. The van der Waals surface area contributed by atoms with Gasteiger partial charge in [0, 0.05) is 30.4 Å². The van der Waals surface area contributed by atoms with Gasteiger partial charge in [-0.1, -0.05) is 18.3 Å². The lowest BCUT2D eigenvalue weighted by atomic mass is 10.1. The van der Waals surface area contributed by atoms with Crippen molar-refractivity contribution in [3.05, 3.63) is 28.2 Å². The Bertz CT molecular complexity index is 751. The van der Waals surface area contributed by atoms with Crippen LogP contribution in [0.25, 0.3) is 22.2 Å². The highest BCUT2D eigenvalue weighted by Gasteiger charge is 2.07. The van der Waals surface area contributed by atoms with Gasteiger partial charge in [0.15, 0.2) is 5.13 Å². The Kier molecular flexibility index (Phi) is 2.68. The molecule has 4 nitrogen and oxygen atoms in total. The second-order valence-electron chi connectivity index (χ2n) is 4.25. The number of anilines is 1. The number of H-pyrrole nitrogens is 2. The van der Waals surface area contributed by atoms with E-state index in [0.29, 0.717) is 0 Å². The molecular weight excluding hydrogens is 264 g/mol. The SMILES string of the molecule is CN(C)c1nc(-c2ccc3[nH][nH]c(=S)c3c2)cs1. The third kappa shape index (κ3) is 1.83. The molecule has 6 heteroatoms. The third-order valence-electron chi connectivity index (χ3n) is 2.75. The number of aromatic amines is 2. The Balaban J connectivity index is 2.12.